The van der Waals surface area contributed by atoms with Crippen molar-refractivity contribution in [3.05, 3.63) is 63.7 Å². The lowest BCUT2D eigenvalue weighted by molar-refractivity contribution is 0.415. The molecule has 1 aromatic carbocycles. The maximum atomic E-state index is 6.40. The molecular formula is C19H17ClN4OS2. The summed E-state index contributed by atoms with van der Waals surface area (Å²) in [6, 6.07) is 12.1. The molecule has 0 amide bonds. The van der Waals surface area contributed by atoms with Crippen LogP contribution in [0.5, 0.6) is 5.75 Å². The van der Waals surface area contributed by atoms with E-state index in [-0.39, 0.29) is 0 Å². The van der Waals surface area contributed by atoms with E-state index in [0.717, 1.165) is 40.3 Å². The van der Waals surface area contributed by atoms with Crippen molar-refractivity contribution < 1.29 is 4.74 Å². The molecule has 0 fully saturated rings. The smallest absolute Gasteiger partial charge is 0.191 e. The van der Waals surface area contributed by atoms with Crippen molar-refractivity contribution in [1.82, 2.24) is 19.7 Å². The first-order valence-corrected chi connectivity index (χ1v) is 10.6. The summed E-state index contributed by atoms with van der Waals surface area (Å²) in [5, 5.41) is 12.8. The lowest BCUT2D eigenvalue weighted by atomic mass is 10.1. The second kappa shape index (κ2) is 8.29. The fourth-order valence-electron chi connectivity index (χ4n) is 2.73. The molecule has 0 saturated carbocycles. The summed E-state index contributed by atoms with van der Waals surface area (Å²) in [7, 11) is 1.64. The van der Waals surface area contributed by atoms with Gasteiger partial charge in [-0.1, -0.05) is 29.4 Å². The van der Waals surface area contributed by atoms with Crippen molar-refractivity contribution >= 4 is 45.6 Å². The second-order valence-corrected chi connectivity index (χ2v) is 8.25. The van der Waals surface area contributed by atoms with Gasteiger partial charge in [-0.2, -0.15) is 0 Å². The predicted molar refractivity (Wildman–Crippen MR) is 111 cm³/mol. The Morgan fingerprint density at radius 2 is 2.19 bits per heavy atom. The molecule has 0 spiro atoms. The fourth-order valence-corrected chi connectivity index (χ4v) is 4.64. The number of pyridine rings is 1. The van der Waals surface area contributed by atoms with E-state index in [1.165, 1.54) is 4.88 Å². The lowest BCUT2D eigenvalue weighted by Gasteiger charge is -2.08. The highest BCUT2D eigenvalue weighted by Gasteiger charge is 2.10. The molecule has 0 saturated heterocycles. The van der Waals surface area contributed by atoms with Crippen LogP contribution in [-0.2, 0) is 18.7 Å². The Hall–Kier alpha value is -2.09. The van der Waals surface area contributed by atoms with E-state index < -0.39 is 0 Å². The number of ether oxygens (including phenoxy) is 1. The number of benzene rings is 1. The van der Waals surface area contributed by atoms with Gasteiger partial charge in [0.1, 0.15) is 17.2 Å². The number of hydrogen-bond donors (Lipinski definition) is 0. The molecule has 0 N–H and O–H groups in total. The molecule has 0 atom stereocenters. The van der Waals surface area contributed by atoms with Crippen LogP contribution < -0.4 is 4.74 Å². The number of methoxy groups -OCH3 is 1. The summed E-state index contributed by atoms with van der Waals surface area (Å²) in [6.07, 6.45) is 2.76. The van der Waals surface area contributed by atoms with Gasteiger partial charge in [0, 0.05) is 34.2 Å². The minimum atomic E-state index is 0.507. The number of hydrogen-bond acceptors (Lipinski definition) is 6. The minimum Gasteiger partial charge on any atom is -0.497 e. The zero-order valence-corrected chi connectivity index (χ0v) is 17.0. The van der Waals surface area contributed by atoms with E-state index in [2.05, 4.69) is 43.3 Å². The summed E-state index contributed by atoms with van der Waals surface area (Å²) in [5.41, 5.74) is 1.80. The van der Waals surface area contributed by atoms with Crippen LogP contribution in [0.15, 0.2) is 53.3 Å². The molecule has 3 aromatic heterocycles. The Kier molecular flexibility index (Phi) is 5.61. The quantitative estimate of drug-likeness (QED) is 0.310. The highest BCUT2D eigenvalue weighted by Crippen LogP contribution is 2.29. The van der Waals surface area contributed by atoms with E-state index in [0.29, 0.717) is 10.9 Å². The van der Waals surface area contributed by atoms with Crippen LogP contribution in [0.1, 0.15) is 10.4 Å². The third kappa shape index (κ3) is 4.26. The van der Waals surface area contributed by atoms with Gasteiger partial charge in [0.15, 0.2) is 5.16 Å². The first kappa shape index (κ1) is 18.3. The summed E-state index contributed by atoms with van der Waals surface area (Å²) < 4.78 is 7.33. The number of aromatic nitrogens is 4. The van der Waals surface area contributed by atoms with E-state index in [1.807, 2.05) is 18.2 Å². The molecule has 0 bridgehead atoms. The molecule has 27 heavy (non-hydrogen) atoms. The standard InChI is InChI=1S/C19H17ClN4OS2/c1-25-15-5-4-13-9-14(18(20)22-17(13)10-15)11-27-19-23-21-12-24(19)7-6-16-3-2-8-26-16/h2-5,8-10,12H,6-7,11H2,1H3. The van der Waals surface area contributed by atoms with Crippen molar-refractivity contribution in [1.29, 1.82) is 0 Å². The van der Waals surface area contributed by atoms with E-state index in [9.17, 15) is 0 Å². The van der Waals surface area contributed by atoms with Crippen molar-refractivity contribution in [3.8, 4) is 5.75 Å². The second-order valence-electron chi connectivity index (χ2n) is 5.92. The number of thioether (sulfide) groups is 1. The van der Waals surface area contributed by atoms with Gasteiger partial charge < -0.3 is 9.30 Å². The molecule has 4 rings (SSSR count). The van der Waals surface area contributed by atoms with Gasteiger partial charge in [-0.05, 0) is 36.1 Å². The number of halogens is 1. The molecule has 0 unspecified atom stereocenters. The monoisotopic (exact) mass is 416 g/mol. The minimum absolute atomic E-state index is 0.507. The molecule has 0 radical (unpaired) electrons. The maximum Gasteiger partial charge on any atom is 0.191 e. The van der Waals surface area contributed by atoms with Gasteiger partial charge in [0.2, 0.25) is 0 Å². The van der Waals surface area contributed by atoms with Crippen LogP contribution in [0, 0.1) is 0 Å². The van der Waals surface area contributed by atoms with Gasteiger partial charge in [-0.3, -0.25) is 0 Å². The predicted octanol–water partition coefficient (Wildman–Crippen LogP) is 5.08. The van der Waals surface area contributed by atoms with Gasteiger partial charge in [0.25, 0.3) is 0 Å². The van der Waals surface area contributed by atoms with Gasteiger partial charge in [-0.25, -0.2) is 4.98 Å². The Morgan fingerprint density at radius 3 is 3.00 bits per heavy atom. The average Bonchev–Trinajstić information content (AvgIpc) is 3.35. The zero-order chi connectivity index (χ0) is 18.6. The highest BCUT2D eigenvalue weighted by atomic mass is 35.5. The van der Waals surface area contributed by atoms with Gasteiger partial charge in [-0.15, -0.1) is 21.5 Å². The molecule has 4 aromatic rings. The molecular weight excluding hydrogens is 400 g/mol. The molecule has 0 aliphatic rings. The third-order valence-electron chi connectivity index (χ3n) is 4.17. The first-order chi connectivity index (χ1) is 13.2. The summed E-state index contributed by atoms with van der Waals surface area (Å²) in [5.74, 6) is 1.46. The maximum absolute atomic E-state index is 6.40. The summed E-state index contributed by atoms with van der Waals surface area (Å²) in [4.78, 5) is 5.87. The van der Waals surface area contributed by atoms with Crippen LogP contribution in [-0.4, -0.2) is 26.9 Å². The molecule has 8 heteroatoms. The largest absolute Gasteiger partial charge is 0.497 e. The van der Waals surface area contributed by atoms with Crippen LogP contribution in [0.3, 0.4) is 0 Å². The Morgan fingerprint density at radius 1 is 1.26 bits per heavy atom. The van der Waals surface area contributed by atoms with E-state index in [1.54, 1.807) is 36.5 Å². The fraction of sp³-hybridized carbons (Fsp3) is 0.211. The van der Waals surface area contributed by atoms with E-state index >= 15 is 0 Å². The number of nitrogens with zero attached hydrogens (tertiary/aromatic N) is 4. The van der Waals surface area contributed by atoms with Crippen LogP contribution in [0.25, 0.3) is 10.9 Å². The van der Waals surface area contributed by atoms with Crippen molar-refractivity contribution in [2.24, 2.45) is 0 Å². The topological polar surface area (TPSA) is 52.8 Å². The van der Waals surface area contributed by atoms with Crippen molar-refractivity contribution in [2.75, 3.05) is 7.11 Å². The number of fused-ring (bicyclic) bond motifs is 1. The molecule has 0 aliphatic carbocycles. The van der Waals surface area contributed by atoms with Crippen LogP contribution in [0.4, 0.5) is 0 Å². The van der Waals surface area contributed by atoms with Gasteiger partial charge >= 0.3 is 0 Å². The van der Waals surface area contributed by atoms with E-state index in [4.69, 9.17) is 16.3 Å². The lowest BCUT2D eigenvalue weighted by Crippen LogP contribution is -2.01. The SMILES string of the molecule is COc1ccc2cc(CSc3nncn3CCc3cccs3)c(Cl)nc2c1. The zero-order valence-electron chi connectivity index (χ0n) is 14.6. The molecule has 5 nitrogen and oxygen atoms in total. The first-order valence-electron chi connectivity index (χ1n) is 8.39. The van der Waals surface area contributed by atoms with Crippen LogP contribution >= 0.6 is 34.7 Å². The van der Waals surface area contributed by atoms with Gasteiger partial charge in [0.05, 0.1) is 12.6 Å². The number of rotatable bonds is 7. The molecule has 3 heterocycles. The molecule has 0 aliphatic heterocycles. The third-order valence-corrected chi connectivity index (χ3v) is 6.46. The van der Waals surface area contributed by atoms with Crippen LogP contribution in [0.2, 0.25) is 5.15 Å². The van der Waals surface area contributed by atoms with Crippen molar-refractivity contribution in [2.45, 2.75) is 23.9 Å². The Bertz CT molecular complexity index is 1050. The Labute approximate surface area is 170 Å². The number of aryl methyl sites for hydroxylation is 2. The Balaban J connectivity index is 1.47. The number of thiophene rings is 1. The average molecular weight is 417 g/mol. The molecule has 138 valence electrons. The summed E-state index contributed by atoms with van der Waals surface area (Å²) in [6.45, 7) is 0.860. The normalized spacial score (nSPS) is 11.2. The van der Waals surface area contributed by atoms with Crippen molar-refractivity contribution in [3.63, 3.8) is 0 Å². The highest BCUT2D eigenvalue weighted by molar-refractivity contribution is 7.98. The summed E-state index contributed by atoms with van der Waals surface area (Å²) >= 11 is 9.79.